The molecule has 0 saturated heterocycles. The van der Waals surface area contributed by atoms with Gasteiger partial charge in [-0.1, -0.05) is 0 Å². The predicted octanol–water partition coefficient (Wildman–Crippen LogP) is 2.58. The monoisotopic (exact) mass is 341 g/mol. The normalized spacial score (nSPS) is 10.6. The van der Waals surface area contributed by atoms with Gasteiger partial charge in [-0.25, -0.2) is 0 Å². The fourth-order valence-electron chi connectivity index (χ4n) is 1.67. The van der Waals surface area contributed by atoms with Crippen LogP contribution in [0.1, 0.15) is 24.3 Å². The Morgan fingerprint density at radius 3 is 2.70 bits per heavy atom. The van der Waals surface area contributed by atoms with Crippen molar-refractivity contribution in [3.63, 3.8) is 0 Å². The van der Waals surface area contributed by atoms with E-state index in [-0.39, 0.29) is 6.61 Å². The molecule has 2 N–H and O–H groups in total. The van der Waals surface area contributed by atoms with Gasteiger partial charge in [-0.3, -0.25) is 0 Å². The van der Waals surface area contributed by atoms with Gasteiger partial charge in [0.25, 0.3) is 5.89 Å². The molecule has 0 saturated carbocycles. The third-order valence-electron chi connectivity index (χ3n) is 2.51. The molecule has 0 radical (unpaired) electrons. The van der Waals surface area contributed by atoms with E-state index >= 15 is 0 Å². The molecule has 2 aromatic rings. The first-order chi connectivity index (χ1) is 9.63. The largest absolute Gasteiger partial charge is 0.490 e. The van der Waals surface area contributed by atoms with Gasteiger partial charge in [0.05, 0.1) is 11.1 Å². The van der Waals surface area contributed by atoms with Gasteiger partial charge < -0.3 is 19.6 Å². The summed E-state index contributed by atoms with van der Waals surface area (Å²) in [5, 5.41) is 7.63. The van der Waals surface area contributed by atoms with E-state index in [1.165, 1.54) is 0 Å². The molecule has 0 amide bonds. The van der Waals surface area contributed by atoms with Gasteiger partial charge >= 0.3 is 0 Å². The number of nitrogens with two attached hydrogens (primary N) is 1. The number of benzene rings is 1. The Morgan fingerprint density at radius 2 is 2.10 bits per heavy atom. The number of rotatable bonds is 6. The highest BCUT2D eigenvalue weighted by Gasteiger charge is 2.13. The van der Waals surface area contributed by atoms with Crippen molar-refractivity contribution >= 4 is 15.9 Å². The third-order valence-corrected chi connectivity index (χ3v) is 3.10. The average molecular weight is 342 g/mol. The van der Waals surface area contributed by atoms with Crippen LogP contribution in [0.2, 0.25) is 0 Å². The van der Waals surface area contributed by atoms with Crippen LogP contribution in [0.4, 0.5) is 0 Å². The van der Waals surface area contributed by atoms with Crippen LogP contribution < -0.4 is 15.2 Å². The number of aryl methyl sites for hydroxylation is 1. The standard InChI is InChI=1S/C13H16BrN3O3/c1-3-18-11-5-9(6-15)4-10(14)13(11)19-7-12-17-16-8(2)20-12/h4-5H,3,6-7,15H2,1-2H3. The summed E-state index contributed by atoms with van der Waals surface area (Å²) in [6.07, 6.45) is 0. The second kappa shape index (κ2) is 6.71. The van der Waals surface area contributed by atoms with Gasteiger partial charge in [-0.15, -0.1) is 10.2 Å². The highest BCUT2D eigenvalue weighted by atomic mass is 79.9. The Labute approximate surface area is 125 Å². The minimum atomic E-state index is 0.182. The molecular weight excluding hydrogens is 326 g/mol. The van der Waals surface area contributed by atoms with Crippen molar-refractivity contribution in [2.75, 3.05) is 6.61 Å². The van der Waals surface area contributed by atoms with Gasteiger partial charge in [0, 0.05) is 13.5 Å². The minimum Gasteiger partial charge on any atom is -0.490 e. The molecule has 1 aromatic heterocycles. The molecule has 2 rings (SSSR count). The average Bonchev–Trinajstić information content (AvgIpc) is 2.83. The molecule has 1 heterocycles. The summed E-state index contributed by atoms with van der Waals surface area (Å²) >= 11 is 3.46. The number of ether oxygens (including phenoxy) is 2. The van der Waals surface area contributed by atoms with E-state index in [4.69, 9.17) is 19.6 Å². The van der Waals surface area contributed by atoms with Gasteiger partial charge in [0.15, 0.2) is 18.1 Å². The summed E-state index contributed by atoms with van der Waals surface area (Å²) in [6.45, 7) is 4.79. The van der Waals surface area contributed by atoms with Crippen LogP contribution in [0.3, 0.4) is 0 Å². The number of halogens is 1. The van der Waals surface area contributed by atoms with E-state index in [1.807, 2.05) is 19.1 Å². The molecule has 6 nitrogen and oxygen atoms in total. The topological polar surface area (TPSA) is 83.4 Å². The minimum absolute atomic E-state index is 0.182. The van der Waals surface area contributed by atoms with Gasteiger partial charge in [0.1, 0.15) is 0 Å². The molecule has 0 aliphatic rings. The van der Waals surface area contributed by atoms with Crippen LogP contribution in [-0.2, 0) is 13.2 Å². The predicted molar refractivity (Wildman–Crippen MR) is 76.6 cm³/mol. The molecule has 0 atom stereocenters. The van der Waals surface area contributed by atoms with Crippen LogP contribution >= 0.6 is 15.9 Å². The van der Waals surface area contributed by atoms with Crippen molar-refractivity contribution in [2.45, 2.75) is 27.0 Å². The van der Waals surface area contributed by atoms with Crippen molar-refractivity contribution in [1.82, 2.24) is 10.2 Å². The summed E-state index contributed by atoms with van der Waals surface area (Å²) in [5.41, 5.74) is 6.61. The highest BCUT2D eigenvalue weighted by molar-refractivity contribution is 9.10. The number of hydrogen-bond donors (Lipinski definition) is 1. The van der Waals surface area contributed by atoms with Gasteiger partial charge in [-0.05, 0) is 40.5 Å². The quantitative estimate of drug-likeness (QED) is 0.869. The smallest absolute Gasteiger partial charge is 0.253 e. The van der Waals surface area contributed by atoms with Gasteiger partial charge in [0.2, 0.25) is 5.89 Å². The van der Waals surface area contributed by atoms with Crippen molar-refractivity contribution in [1.29, 1.82) is 0 Å². The Kier molecular flexibility index (Phi) is 4.97. The first-order valence-electron chi connectivity index (χ1n) is 6.21. The molecular formula is C13H16BrN3O3. The van der Waals surface area contributed by atoms with E-state index in [2.05, 4.69) is 26.1 Å². The van der Waals surface area contributed by atoms with Crippen molar-refractivity contribution in [3.05, 3.63) is 34.0 Å². The zero-order chi connectivity index (χ0) is 14.5. The summed E-state index contributed by atoms with van der Waals surface area (Å²) in [4.78, 5) is 0. The van der Waals surface area contributed by atoms with Gasteiger partial charge in [-0.2, -0.15) is 0 Å². The second-order valence-electron chi connectivity index (χ2n) is 4.05. The maximum atomic E-state index is 5.71. The molecule has 0 fully saturated rings. The molecule has 0 aliphatic heterocycles. The molecule has 0 spiro atoms. The Balaban J connectivity index is 2.20. The lowest BCUT2D eigenvalue weighted by Gasteiger charge is -2.14. The molecule has 0 bridgehead atoms. The lowest BCUT2D eigenvalue weighted by atomic mass is 10.2. The van der Waals surface area contributed by atoms with E-state index in [0.29, 0.717) is 36.4 Å². The first kappa shape index (κ1) is 14.8. The maximum Gasteiger partial charge on any atom is 0.253 e. The van der Waals surface area contributed by atoms with E-state index in [0.717, 1.165) is 10.0 Å². The summed E-state index contributed by atoms with van der Waals surface area (Å²) in [5.74, 6) is 2.16. The maximum absolute atomic E-state index is 5.71. The lowest BCUT2D eigenvalue weighted by Crippen LogP contribution is -2.03. The zero-order valence-corrected chi connectivity index (χ0v) is 12.9. The molecule has 108 valence electrons. The number of hydrogen-bond acceptors (Lipinski definition) is 6. The van der Waals surface area contributed by atoms with Crippen molar-refractivity contribution in [3.8, 4) is 11.5 Å². The fourth-order valence-corrected chi connectivity index (χ4v) is 2.28. The van der Waals surface area contributed by atoms with E-state index < -0.39 is 0 Å². The summed E-state index contributed by atoms with van der Waals surface area (Å²) in [6, 6.07) is 3.76. The van der Waals surface area contributed by atoms with Crippen LogP contribution in [-0.4, -0.2) is 16.8 Å². The molecule has 7 heteroatoms. The molecule has 0 aliphatic carbocycles. The Morgan fingerprint density at radius 1 is 1.30 bits per heavy atom. The zero-order valence-electron chi connectivity index (χ0n) is 11.4. The Hall–Kier alpha value is -1.60. The van der Waals surface area contributed by atoms with E-state index in [1.54, 1.807) is 6.92 Å². The first-order valence-corrected chi connectivity index (χ1v) is 7.00. The van der Waals surface area contributed by atoms with E-state index in [9.17, 15) is 0 Å². The molecule has 1 aromatic carbocycles. The number of aromatic nitrogens is 2. The molecule has 0 unspecified atom stereocenters. The summed E-state index contributed by atoms with van der Waals surface area (Å²) in [7, 11) is 0. The van der Waals surface area contributed by atoms with Crippen LogP contribution in [0.5, 0.6) is 11.5 Å². The second-order valence-corrected chi connectivity index (χ2v) is 4.90. The highest BCUT2D eigenvalue weighted by Crippen LogP contribution is 2.37. The third kappa shape index (κ3) is 3.49. The Bertz CT molecular complexity index is 586. The van der Waals surface area contributed by atoms with Crippen molar-refractivity contribution < 1.29 is 13.9 Å². The molecule has 20 heavy (non-hydrogen) atoms. The van der Waals surface area contributed by atoms with Crippen LogP contribution in [0.25, 0.3) is 0 Å². The number of nitrogens with zero attached hydrogens (tertiary/aromatic N) is 2. The summed E-state index contributed by atoms with van der Waals surface area (Å²) < 4.78 is 17.3. The SMILES string of the molecule is CCOc1cc(CN)cc(Br)c1OCc1nnc(C)o1. The van der Waals surface area contributed by atoms with Crippen molar-refractivity contribution in [2.24, 2.45) is 5.73 Å². The lowest BCUT2D eigenvalue weighted by molar-refractivity contribution is 0.239. The van der Waals surface area contributed by atoms with Crippen LogP contribution in [0.15, 0.2) is 21.0 Å². The van der Waals surface area contributed by atoms with Crippen LogP contribution in [0, 0.1) is 6.92 Å². The fraction of sp³-hybridized carbons (Fsp3) is 0.385.